The van der Waals surface area contributed by atoms with Crippen molar-refractivity contribution >= 4 is 11.9 Å². The van der Waals surface area contributed by atoms with Crippen molar-refractivity contribution in [3.05, 3.63) is 0 Å². The van der Waals surface area contributed by atoms with E-state index in [0.717, 1.165) is 18.8 Å². The minimum Gasteiger partial charge on any atom is -0.465 e. The smallest absolute Gasteiger partial charge is 0.320 e. The average Bonchev–Trinajstić information content (AvgIpc) is 2.46. The minimum absolute atomic E-state index is 0.0979. The maximum atomic E-state index is 12.4. The molecular formula is C16H30N2O3. The number of ether oxygens (including phenoxy) is 1. The van der Waals surface area contributed by atoms with Crippen molar-refractivity contribution in [2.45, 2.75) is 52.5 Å². The van der Waals surface area contributed by atoms with E-state index in [1.807, 2.05) is 23.8 Å². The largest absolute Gasteiger partial charge is 0.465 e. The molecule has 1 rings (SSSR count). The number of nitrogens with zero attached hydrogens (tertiary/aromatic N) is 2. The summed E-state index contributed by atoms with van der Waals surface area (Å²) >= 11 is 0. The first-order chi connectivity index (χ1) is 9.97. The van der Waals surface area contributed by atoms with Crippen LogP contribution in [0.5, 0.6) is 0 Å². The van der Waals surface area contributed by atoms with Gasteiger partial charge in [0, 0.05) is 13.1 Å². The van der Waals surface area contributed by atoms with E-state index in [2.05, 4.69) is 6.92 Å². The normalized spacial score (nSPS) is 22.1. The maximum Gasteiger partial charge on any atom is 0.320 e. The Bertz CT molecular complexity index is 338. The van der Waals surface area contributed by atoms with Gasteiger partial charge in [0.1, 0.15) is 0 Å². The molecule has 5 nitrogen and oxygen atoms in total. The number of rotatable bonds is 7. The highest BCUT2D eigenvalue weighted by atomic mass is 16.5. The van der Waals surface area contributed by atoms with Crippen molar-refractivity contribution in [1.29, 1.82) is 0 Å². The van der Waals surface area contributed by atoms with E-state index >= 15 is 0 Å². The molecule has 21 heavy (non-hydrogen) atoms. The summed E-state index contributed by atoms with van der Waals surface area (Å²) in [7, 11) is 1.89. The van der Waals surface area contributed by atoms with Crippen LogP contribution in [0.4, 0.5) is 0 Å². The van der Waals surface area contributed by atoms with Crippen molar-refractivity contribution in [3.8, 4) is 0 Å². The van der Waals surface area contributed by atoms with Crippen LogP contribution in [-0.2, 0) is 14.3 Å². The predicted octanol–water partition coefficient (Wildman–Crippen LogP) is 1.91. The molecule has 0 bridgehead atoms. The van der Waals surface area contributed by atoms with Crippen molar-refractivity contribution in [1.82, 2.24) is 9.80 Å². The lowest BCUT2D eigenvalue weighted by Gasteiger charge is -2.34. The van der Waals surface area contributed by atoms with Gasteiger partial charge in [-0.05, 0) is 45.1 Å². The maximum absolute atomic E-state index is 12.4. The van der Waals surface area contributed by atoms with E-state index in [9.17, 15) is 9.59 Å². The molecule has 0 aromatic carbocycles. The molecule has 0 N–H and O–H groups in total. The summed E-state index contributed by atoms with van der Waals surface area (Å²) in [5.74, 6) is 0.614. The Balaban J connectivity index is 2.43. The van der Waals surface area contributed by atoms with Gasteiger partial charge < -0.3 is 9.64 Å². The summed E-state index contributed by atoms with van der Waals surface area (Å²) in [6, 6.07) is 0.356. The summed E-state index contributed by atoms with van der Waals surface area (Å²) in [6.45, 7) is 7.54. The van der Waals surface area contributed by atoms with Crippen LogP contribution >= 0.6 is 0 Å². The van der Waals surface area contributed by atoms with Crippen LogP contribution in [0.25, 0.3) is 0 Å². The molecular weight excluding hydrogens is 268 g/mol. The minimum atomic E-state index is -0.263. The molecule has 0 aromatic heterocycles. The third-order valence-electron chi connectivity index (χ3n) is 4.39. The Labute approximate surface area is 128 Å². The van der Waals surface area contributed by atoms with Crippen LogP contribution < -0.4 is 0 Å². The van der Waals surface area contributed by atoms with Crippen LogP contribution in [0.1, 0.15) is 46.5 Å². The van der Waals surface area contributed by atoms with Gasteiger partial charge in [0.05, 0.1) is 19.7 Å². The lowest BCUT2D eigenvalue weighted by Crippen LogP contribution is -2.45. The highest BCUT2D eigenvalue weighted by molar-refractivity contribution is 5.79. The van der Waals surface area contributed by atoms with Crippen LogP contribution in [0.15, 0.2) is 0 Å². The summed E-state index contributed by atoms with van der Waals surface area (Å²) < 4.78 is 4.94. The quantitative estimate of drug-likeness (QED) is 0.674. The summed E-state index contributed by atoms with van der Waals surface area (Å²) in [5.41, 5.74) is 0. The Morgan fingerprint density at radius 3 is 2.24 bits per heavy atom. The summed E-state index contributed by atoms with van der Waals surface area (Å²) in [6.07, 6.45) is 4.58. The molecule has 0 heterocycles. The zero-order valence-electron chi connectivity index (χ0n) is 13.9. The molecule has 1 aliphatic carbocycles. The zero-order valence-corrected chi connectivity index (χ0v) is 13.9. The van der Waals surface area contributed by atoms with Gasteiger partial charge in [0.15, 0.2) is 0 Å². The van der Waals surface area contributed by atoms with Gasteiger partial charge in [0.25, 0.3) is 0 Å². The third kappa shape index (κ3) is 6.04. The monoisotopic (exact) mass is 298 g/mol. The molecule has 0 spiro atoms. The molecule has 0 atom stereocenters. The second kappa shape index (κ2) is 9.03. The van der Waals surface area contributed by atoms with Gasteiger partial charge in [-0.3, -0.25) is 14.5 Å². The topological polar surface area (TPSA) is 49.9 Å². The molecule has 5 heteroatoms. The molecule has 1 aliphatic rings. The first-order valence-electron chi connectivity index (χ1n) is 8.11. The molecule has 1 amide bonds. The Kier molecular flexibility index (Phi) is 7.72. The van der Waals surface area contributed by atoms with E-state index in [-0.39, 0.29) is 25.0 Å². The number of carbonyl (C=O) groups excluding carboxylic acids is 2. The number of hydrogen-bond acceptors (Lipinski definition) is 4. The summed E-state index contributed by atoms with van der Waals surface area (Å²) in [5, 5.41) is 0. The third-order valence-corrected chi connectivity index (χ3v) is 4.39. The molecule has 0 unspecified atom stereocenters. The zero-order chi connectivity index (χ0) is 15.8. The Morgan fingerprint density at radius 2 is 1.71 bits per heavy atom. The fourth-order valence-electron chi connectivity index (χ4n) is 2.80. The lowest BCUT2D eigenvalue weighted by atomic mass is 9.87. The molecule has 0 aliphatic heterocycles. The van der Waals surface area contributed by atoms with Gasteiger partial charge >= 0.3 is 5.97 Å². The number of amides is 1. The van der Waals surface area contributed by atoms with Gasteiger partial charge in [-0.2, -0.15) is 0 Å². The van der Waals surface area contributed by atoms with Gasteiger partial charge in [0.2, 0.25) is 5.91 Å². The molecule has 0 saturated heterocycles. The Morgan fingerprint density at radius 1 is 1.10 bits per heavy atom. The van der Waals surface area contributed by atoms with Crippen molar-refractivity contribution in [2.24, 2.45) is 5.92 Å². The first-order valence-corrected chi connectivity index (χ1v) is 8.11. The highest BCUT2D eigenvalue weighted by Gasteiger charge is 2.25. The van der Waals surface area contributed by atoms with E-state index in [1.165, 1.54) is 12.8 Å². The van der Waals surface area contributed by atoms with Crippen LogP contribution in [0, 0.1) is 5.92 Å². The fourth-order valence-corrected chi connectivity index (χ4v) is 2.80. The summed E-state index contributed by atoms with van der Waals surface area (Å²) in [4.78, 5) is 27.6. The average molecular weight is 298 g/mol. The van der Waals surface area contributed by atoms with E-state index in [1.54, 1.807) is 6.92 Å². The Hall–Kier alpha value is -1.10. The van der Waals surface area contributed by atoms with Crippen LogP contribution in [-0.4, -0.2) is 61.0 Å². The van der Waals surface area contributed by atoms with Gasteiger partial charge in [-0.1, -0.05) is 13.8 Å². The van der Waals surface area contributed by atoms with Crippen LogP contribution in [0.2, 0.25) is 0 Å². The molecule has 122 valence electrons. The molecule has 0 aromatic rings. The first kappa shape index (κ1) is 18.0. The lowest BCUT2D eigenvalue weighted by molar-refractivity contribution is -0.145. The highest BCUT2D eigenvalue weighted by Crippen LogP contribution is 2.26. The standard InChI is InChI=1S/C16H30N2O3/c1-5-18(12-16(20)21-6-2)11-15(19)17(4)14-9-7-13(3)8-10-14/h13-14H,5-12H2,1-4H3. The van der Waals surface area contributed by atoms with Gasteiger partial charge in [-0.25, -0.2) is 0 Å². The van der Waals surface area contributed by atoms with Crippen molar-refractivity contribution in [3.63, 3.8) is 0 Å². The van der Waals surface area contributed by atoms with E-state index in [0.29, 0.717) is 19.2 Å². The SMILES string of the molecule is CCOC(=O)CN(CC)CC(=O)N(C)C1CCC(C)CC1. The van der Waals surface area contributed by atoms with Gasteiger partial charge in [-0.15, -0.1) is 0 Å². The second-order valence-corrected chi connectivity index (χ2v) is 6.03. The van der Waals surface area contributed by atoms with Crippen molar-refractivity contribution < 1.29 is 14.3 Å². The fraction of sp³-hybridized carbons (Fsp3) is 0.875. The molecule has 1 fully saturated rings. The molecule has 1 saturated carbocycles. The van der Waals surface area contributed by atoms with Crippen LogP contribution in [0.3, 0.4) is 0 Å². The predicted molar refractivity (Wildman–Crippen MR) is 82.9 cm³/mol. The van der Waals surface area contributed by atoms with E-state index in [4.69, 9.17) is 4.74 Å². The number of carbonyl (C=O) groups is 2. The number of hydrogen-bond donors (Lipinski definition) is 0. The second-order valence-electron chi connectivity index (χ2n) is 6.03. The molecule has 0 radical (unpaired) electrons. The number of esters is 1. The van der Waals surface area contributed by atoms with Crippen molar-refractivity contribution in [2.75, 3.05) is 33.3 Å². The van der Waals surface area contributed by atoms with E-state index < -0.39 is 0 Å². The number of likely N-dealkylation sites (N-methyl/N-ethyl adjacent to an activating group) is 2.